The van der Waals surface area contributed by atoms with Crippen molar-refractivity contribution in [2.45, 2.75) is 25.8 Å². The van der Waals surface area contributed by atoms with Crippen LogP contribution in [0.5, 0.6) is 5.75 Å². The highest BCUT2D eigenvalue weighted by Crippen LogP contribution is 2.32. The zero-order valence-corrected chi connectivity index (χ0v) is 9.19. The van der Waals surface area contributed by atoms with E-state index >= 15 is 0 Å². The van der Waals surface area contributed by atoms with Crippen molar-refractivity contribution in [3.8, 4) is 5.75 Å². The minimum Gasteiger partial charge on any atom is -0.508 e. The molecule has 1 atom stereocenters. The Hall–Kier alpha value is -1.55. The lowest BCUT2D eigenvalue weighted by molar-refractivity contribution is 0.0525. The van der Waals surface area contributed by atoms with Crippen LogP contribution in [0.3, 0.4) is 0 Å². The van der Waals surface area contributed by atoms with Gasteiger partial charge in [-0.15, -0.1) is 0 Å². The number of phenolic OH excluding ortho intramolecular Hbond substituents is 1. The minimum atomic E-state index is -0.340. The molecule has 0 amide bonds. The molecule has 0 heterocycles. The van der Waals surface area contributed by atoms with Crippen LogP contribution in [0.4, 0.5) is 0 Å². The van der Waals surface area contributed by atoms with Gasteiger partial charge in [0.1, 0.15) is 5.75 Å². The van der Waals surface area contributed by atoms with Gasteiger partial charge < -0.3 is 15.6 Å². The summed E-state index contributed by atoms with van der Waals surface area (Å²) in [6.07, 6.45) is 1.24. The predicted molar refractivity (Wildman–Crippen MR) is 59.4 cm³/mol. The van der Waals surface area contributed by atoms with Gasteiger partial charge in [0.2, 0.25) is 0 Å². The van der Waals surface area contributed by atoms with Crippen molar-refractivity contribution in [2.24, 2.45) is 5.73 Å². The van der Waals surface area contributed by atoms with Crippen LogP contribution >= 0.6 is 0 Å². The average molecular weight is 221 g/mol. The number of benzene rings is 1. The largest absolute Gasteiger partial charge is 0.508 e. The average Bonchev–Trinajstić information content (AvgIpc) is 2.61. The maximum atomic E-state index is 11.7. The molecule has 3 N–H and O–H groups in total. The molecule has 0 radical (unpaired) electrons. The van der Waals surface area contributed by atoms with Crippen LogP contribution in [0.1, 0.15) is 28.4 Å². The Kier molecular flexibility index (Phi) is 2.83. The van der Waals surface area contributed by atoms with Crippen molar-refractivity contribution >= 4 is 5.97 Å². The molecule has 1 aliphatic carbocycles. The van der Waals surface area contributed by atoms with E-state index in [1.165, 1.54) is 6.07 Å². The first-order valence-electron chi connectivity index (χ1n) is 5.40. The second-order valence-corrected chi connectivity index (χ2v) is 3.98. The zero-order valence-electron chi connectivity index (χ0n) is 9.19. The number of rotatable bonds is 2. The third-order valence-corrected chi connectivity index (χ3v) is 2.83. The van der Waals surface area contributed by atoms with Crippen LogP contribution in [0.2, 0.25) is 0 Å². The van der Waals surface area contributed by atoms with E-state index < -0.39 is 0 Å². The number of carbonyl (C=O) groups is 1. The van der Waals surface area contributed by atoms with Crippen molar-refractivity contribution in [1.29, 1.82) is 0 Å². The zero-order chi connectivity index (χ0) is 11.7. The number of esters is 1. The molecule has 1 unspecified atom stereocenters. The molecular formula is C12H15NO3. The van der Waals surface area contributed by atoms with Crippen molar-refractivity contribution in [1.82, 2.24) is 0 Å². The molecule has 0 saturated heterocycles. The van der Waals surface area contributed by atoms with Crippen molar-refractivity contribution in [2.75, 3.05) is 6.61 Å². The third kappa shape index (κ3) is 1.76. The summed E-state index contributed by atoms with van der Waals surface area (Å²) in [6, 6.07) is 3.12. The van der Waals surface area contributed by atoms with E-state index in [1.54, 1.807) is 13.0 Å². The lowest BCUT2D eigenvalue weighted by Crippen LogP contribution is -2.19. The van der Waals surface area contributed by atoms with E-state index in [-0.39, 0.29) is 17.8 Å². The fraction of sp³-hybridized carbons (Fsp3) is 0.417. The van der Waals surface area contributed by atoms with E-state index in [0.29, 0.717) is 25.0 Å². The summed E-state index contributed by atoms with van der Waals surface area (Å²) in [7, 11) is 0. The summed E-state index contributed by atoms with van der Waals surface area (Å²) < 4.78 is 4.97. The van der Waals surface area contributed by atoms with Gasteiger partial charge in [-0.05, 0) is 43.0 Å². The molecule has 0 aromatic heterocycles. The van der Waals surface area contributed by atoms with Crippen molar-refractivity contribution in [3.63, 3.8) is 0 Å². The van der Waals surface area contributed by atoms with Gasteiger partial charge in [-0.3, -0.25) is 0 Å². The molecule has 1 aromatic carbocycles. The number of carbonyl (C=O) groups excluding carboxylic acids is 1. The standard InChI is InChI=1S/C12H15NO3/c1-2-16-12(15)8-3-4-11(14)10-6-7(13)5-9(8)10/h3-4,7,14H,2,5-6,13H2,1H3. The van der Waals surface area contributed by atoms with E-state index in [2.05, 4.69) is 0 Å². The first-order chi connectivity index (χ1) is 7.63. The molecule has 0 fully saturated rings. The van der Waals surface area contributed by atoms with E-state index in [1.807, 2.05) is 0 Å². The van der Waals surface area contributed by atoms with Gasteiger partial charge in [-0.25, -0.2) is 4.79 Å². The molecule has 0 bridgehead atoms. The Balaban J connectivity index is 2.42. The maximum absolute atomic E-state index is 11.7. The van der Waals surface area contributed by atoms with Crippen molar-refractivity contribution < 1.29 is 14.6 Å². The number of fused-ring (bicyclic) bond motifs is 1. The van der Waals surface area contributed by atoms with Crippen LogP contribution in [-0.2, 0) is 17.6 Å². The van der Waals surface area contributed by atoms with E-state index in [4.69, 9.17) is 10.5 Å². The molecular weight excluding hydrogens is 206 g/mol. The Morgan fingerprint density at radius 1 is 1.50 bits per heavy atom. The van der Waals surface area contributed by atoms with Gasteiger partial charge in [0, 0.05) is 6.04 Å². The van der Waals surface area contributed by atoms with Crippen LogP contribution in [0.25, 0.3) is 0 Å². The monoisotopic (exact) mass is 221 g/mol. The second-order valence-electron chi connectivity index (χ2n) is 3.98. The summed E-state index contributed by atoms with van der Waals surface area (Å²) in [5.41, 5.74) is 7.99. The number of hydrogen-bond acceptors (Lipinski definition) is 4. The molecule has 86 valence electrons. The first-order valence-corrected chi connectivity index (χ1v) is 5.40. The minimum absolute atomic E-state index is 0.0172. The molecule has 0 spiro atoms. The molecule has 4 nitrogen and oxygen atoms in total. The van der Waals surface area contributed by atoms with Crippen molar-refractivity contribution in [3.05, 3.63) is 28.8 Å². The SMILES string of the molecule is CCOC(=O)c1ccc(O)c2c1CC(N)C2. The quantitative estimate of drug-likeness (QED) is 0.731. The molecule has 16 heavy (non-hydrogen) atoms. The summed E-state index contributed by atoms with van der Waals surface area (Å²) in [5.74, 6) is -0.121. The second kappa shape index (κ2) is 4.14. The maximum Gasteiger partial charge on any atom is 0.338 e. The number of nitrogens with two attached hydrogens (primary N) is 1. The molecule has 1 aliphatic rings. The Bertz CT molecular complexity index is 429. The molecule has 1 aromatic rings. The summed E-state index contributed by atoms with van der Waals surface area (Å²) >= 11 is 0. The lowest BCUT2D eigenvalue weighted by atomic mass is 10.0. The number of hydrogen-bond donors (Lipinski definition) is 2. The molecule has 0 aliphatic heterocycles. The lowest BCUT2D eigenvalue weighted by Gasteiger charge is -2.08. The van der Waals surface area contributed by atoms with E-state index in [0.717, 1.165) is 11.1 Å². The number of ether oxygens (including phenoxy) is 1. The highest BCUT2D eigenvalue weighted by molar-refractivity contribution is 5.92. The number of phenols is 1. The van der Waals surface area contributed by atoms with Gasteiger partial charge in [0.15, 0.2) is 0 Å². The van der Waals surface area contributed by atoms with Gasteiger partial charge in [0.25, 0.3) is 0 Å². The molecule has 0 saturated carbocycles. The Labute approximate surface area is 94.0 Å². The third-order valence-electron chi connectivity index (χ3n) is 2.83. The smallest absolute Gasteiger partial charge is 0.338 e. The fourth-order valence-corrected chi connectivity index (χ4v) is 2.14. The molecule has 2 rings (SSSR count). The topological polar surface area (TPSA) is 72.5 Å². The number of aromatic hydroxyl groups is 1. The first kappa shape index (κ1) is 11.0. The van der Waals surface area contributed by atoms with Gasteiger partial charge in [-0.1, -0.05) is 0 Å². The van der Waals surface area contributed by atoms with Crippen LogP contribution in [0.15, 0.2) is 12.1 Å². The van der Waals surface area contributed by atoms with E-state index in [9.17, 15) is 9.90 Å². The highest BCUT2D eigenvalue weighted by atomic mass is 16.5. The summed E-state index contributed by atoms with van der Waals surface area (Å²) in [5, 5.41) is 9.68. The van der Waals surface area contributed by atoms with Gasteiger partial charge in [-0.2, -0.15) is 0 Å². The summed E-state index contributed by atoms with van der Waals surface area (Å²) in [6.45, 7) is 2.12. The fourth-order valence-electron chi connectivity index (χ4n) is 2.14. The van der Waals surface area contributed by atoms with Crippen LogP contribution in [0, 0.1) is 0 Å². The normalized spacial score (nSPS) is 18.2. The Morgan fingerprint density at radius 3 is 2.88 bits per heavy atom. The van der Waals surface area contributed by atoms with Crippen LogP contribution in [-0.4, -0.2) is 23.7 Å². The molecule has 4 heteroatoms. The van der Waals surface area contributed by atoms with Gasteiger partial charge in [0.05, 0.1) is 12.2 Å². The Morgan fingerprint density at radius 2 is 2.19 bits per heavy atom. The van der Waals surface area contributed by atoms with Gasteiger partial charge >= 0.3 is 5.97 Å². The summed E-state index contributed by atoms with van der Waals surface area (Å²) in [4.78, 5) is 11.7. The highest BCUT2D eigenvalue weighted by Gasteiger charge is 2.26. The predicted octanol–water partition coefficient (Wildman–Crippen LogP) is 0.995. The van der Waals surface area contributed by atoms with Crippen LogP contribution < -0.4 is 5.73 Å².